The van der Waals surface area contributed by atoms with Crippen LogP contribution in [0, 0.1) is 0 Å². The number of fused-ring (bicyclic) bond motifs is 1. The predicted molar refractivity (Wildman–Crippen MR) is 64.4 cm³/mol. The van der Waals surface area contributed by atoms with Gasteiger partial charge in [0.2, 0.25) is 6.23 Å². The number of hydrogen-bond acceptors (Lipinski definition) is 4. The average Bonchev–Trinajstić information content (AvgIpc) is 3.09. The molecular weight excluding hydrogens is 277 g/mol. The molecule has 1 aromatic heterocycles. The van der Waals surface area contributed by atoms with Crippen LogP contribution in [0.15, 0.2) is 27.4 Å². The summed E-state index contributed by atoms with van der Waals surface area (Å²) >= 11 is 0. The van der Waals surface area contributed by atoms with E-state index in [0.29, 0.717) is 18.4 Å². The maximum absolute atomic E-state index is 12.7. The van der Waals surface area contributed by atoms with Gasteiger partial charge in [-0.15, -0.1) is 0 Å². The largest absolute Gasteiger partial charge is 0.433 e. The molecule has 0 saturated heterocycles. The molecule has 1 atom stereocenters. The molecule has 8 heteroatoms. The minimum atomic E-state index is -4.73. The lowest BCUT2D eigenvalue weighted by molar-refractivity contribution is -0.203. The lowest BCUT2D eigenvalue weighted by atomic mass is 10.2. The molecular formula is C12H11F3N2O3. The Kier molecular flexibility index (Phi) is 2.79. The van der Waals surface area contributed by atoms with Crippen molar-refractivity contribution < 1.29 is 22.7 Å². The molecule has 1 aromatic carbocycles. The van der Waals surface area contributed by atoms with Gasteiger partial charge < -0.3 is 14.4 Å². The van der Waals surface area contributed by atoms with Gasteiger partial charge in [-0.25, -0.2) is 4.79 Å². The number of anilines is 1. The second kappa shape index (κ2) is 4.27. The van der Waals surface area contributed by atoms with Gasteiger partial charge in [0.25, 0.3) is 0 Å². The lowest BCUT2D eigenvalue weighted by Gasteiger charge is -2.31. The molecule has 2 aromatic rings. The van der Waals surface area contributed by atoms with Crippen molar-refractivity contribution in [1.29, 1.82) is 0 Å². The number of alkyl halides is 3. The molecule has 0 bridgehead atoms. The first kappa shape index (κ1) is 13.0. The Hall–Kier alpha value is -1.96. The number of aliphatic hydroxyl groups excluding tert-OH is 1. The second-order valence-corrected chi connectivity index (χ2v) is 4.75. The summed E-state index contributed by atoms with van der Waals surface area (Å²) in [5.74, 6) is -0.675. The quantitative estimate of drug-likeness (QED) is 0.847. The van der Waals surface area contributed by atoms with Gasteiger partial charge >= 0.3 is 11.9 Å². The zero-order chi connectivity index (χ0) is 14.5. The molecule has 108 valence electrons. The molecule has 20 heavy (non-hydrogen) atoms. The zero-order valence-corrected chi connectivity index (χ0v) is 10.1. The summed E-state index contributed by atoms with van der Waals surface area (Å²) < 4.78 is 43.0. The molecule has 1 saturated carbocycles. The molecule has 0 amide bonds. The van der Waals surface area contributed by atoms with E-state index in [1.54, 1.807) is 0 Å². The number of H-pyrrole nitrogens is 1. The summed E-state index contributed by atoms with van der Waals surface area (Å²) in [6.07, 6.45) is -6.12. The fourth-order valence-electron chi connectivity index (χ4n) is 2.16. The number of aromatic nitrogens is 1. The molecule has 5 nitrogen and oxygen atoms in total. The van der Waals surface area contributed by atoms with Crippen molar-refractivity contribution in [3.05, 3.63) is 28.7 Å². The fraction of sp³-hybridized carbons (Fsp3) is 0.417. The first-order chi connectivity index (χ1) is 9.36. The van der Waals surface area contributed by atoms with Gasteiger partial charge in [0.15, 0.2) is 5.58 Å². The topological polar surface area (TPSA) is 69.5 Å². The summed E-state index contributed by atoms with van der Waals surface area (Å²) in [5, 5.41) is 9.49. The Labute approximate surface area is 110 Å². The number of hydrogen-bond donors (Lipinski definition) is 2. The Morgan fingerprint density at radius 3 is 2.70 bits per heavy atom. The van der Waals surface area contributed by atoms with Crippen LogP contribution in [0.3, 0.4) is 0 Å². The standard InChI is InChI=1S/C12H11F3N2O3/c13-12(14,15)10(18)17(6-1-2-6)7-3-4-9-8(5-7)16-11(19)20-9/h3-6,10,18H,1-2H2,(H,16,19). The van der Waals surface area contributed by atoms with Crippen molar-refractivity contribution in [3.8, 4) is 0 Å². The van der Waals surface area contributed by atoms with Gasteiger partial charge in [-0.05, 0) is 31.0 Å². The van der Waals surface area contributed by atoms with E-state index in [1.165, 1.54) is 18.2 Å². The van der Waals surface area contributed by atoms with E-state index in [4.69, 9.17) is 4.42 Å². The molecule has 0 radical (unpaired) electrons. The zero-order valence-electron chi connectivity index (χ0n) is 10.1. The minimum absolute atomic E-state index is 0.196. The highest BCUT2D eigenvalue weighted by atomic mass is 19.4. The number of halogens is 3. The monoisotopic (exact) mass is 288 g/mol. The highest BCUT2D eigenvalue weighted by molar-refractivity contribution is 5.77. The van der Waals surface area contributed by atoms with Crippen molar-refractivity contribution in [2.45, 2.75) is 31.3 Å². The summed E-state index contributed by atoms with van der Waals surface area (Å²) in [7, 11) is 0. The third-order valence-corrected chi connectivity index (χ3v) is 3.20. The highest BCUT2D eigenvalue weighted by Crippen LogP contribution is 2.38. The molecule has 3 rings (SSSR count). The Balaban J connectivity index is 2.03. The van der Waals surface area contributed by atoms with Crippen LogP contribution in [0.4, 0.5) is 18.9 Å². The minimum Gasteiger partial charge on any atom is -0.408 e. The smallest absolute Gasteiger partial charge is 0.408 e. The highest BCUT2D eigenvalue weighted by Gasteiger charge is 2.47. The van der Waals surface area contributed by atoms with Crippen molar-refractivity contribution in [3.63, 3.8) is 0 Å². The van der Waals surface area contributed by atoms with Crippen LogP contribution in [-0.4, -0.2) is 28.5 Å². The molecule has 1 heterocycles. The van der Waals surface area contributed by atoms with Gasteiger partial charge in [0.05, 0.1) is 5.52 Å². The maximum atomic E-state index is 12.7. The van der Waals surface area contributed by atoms with Crippen LogP contribution in [-0.2, 0) is 0 Å². The summed E-state index contributed by atoms with van der Waals surface area (Å²) in [6, 6.07) is 3.82. The van der Waals surface area contributed by atoms with Crippen LogP contribution in [0.25, 0.3) is 11.1 Å². The number of aliphatic hydroxyl groups is 1. The molecule has 2 N–H and O–H groups in total. The first-order valence-corrected chi connectivity index (χ1v) is 6.02. The third kappa shape index (κ3) is 2.26. The lowest BCUT2D eigenvalue weighted by Crippen LogP contribution is -2.47. The first-order valence-electron chi connectivity index (χ1n) is 6.02. The van der Waals surface area contributed by atoms with E-state index >= 15 is 0 Å². The fourth-order valence-corrected chi connectivity index (χ4v) is 2.16. The summed E-state index contributed by atoms with van der Waals surface area (Å²) in [6.45, 7) is 0. The summed E-state index contributed by atoms with van der Waals surface area (Å²) in [4.78, 5) is 14.3. The number of nitrogens with one attached hydrogen (secondary N) is 1. The van der Waals surface area contributed by atoms with E-state index in [2.05, 4.69) is 4.98 Å². The number of nitrogens with zero attached hydrogens (tertiary/aromatic N) is 1. The van der Waals surface area contributed by atoms with Crippen molar-refractivity contribution in [1.82, 2.24) is 4.98 Å². The van der Waals surface area contributed by atoms with E-state index in [9.17, 15) is 23.1 Å². The second-order valence-electron chi connectivity index (χ2n) is 4.75. The molecule has 0 aliphatic heterocycles. The average molecular weight is 288 g/mol. The SMILES string of the molecule is O=c1[nH]c2cc(N(C3CC3)C(O)C(F)(F)F)ccc2o1. The van der Waals surface area contributed by atoms with Gasteiger partial charge in [0.1, 0.15) is 0 Å². The molecule has 0 spiro atoms. The van der Waals surface area contributed by atoms with E-state index in [-0.39, 0.29) is 17.3 Å². The third-order valence-electron chi connectivity index (χ3n) is 3.20. The normalized spacial score (nSPS) is 17.4. The van der Waals surface area contributed by atoms with Gasteiger partial charge in [-0.2, -0.15) is 13.2 Å². The Morgan fingerprint density at radius 2 is 2.10 bits per heavy atom. The Morgan fingerprint density at radius 1 is 1.40 bits per heavy atom. The molecule has 1 fully saturated rings. The van der Waals surface area contributed by atoms with Gasteiger partial charge in [0, 0.05) is 11.7 Å². The molecule has 1 unspecified atom stereocenters. The van der Waals surface area contributed by atoms with Crippen LogP contribution in [0.2, 0.25) is 0 Å². The van der Waals surface area contributed by atoms with Crippen molar-refractivity contribution in [2.24, 2.45) is 0 Å². The molecule has 1 aliphatic rings. The Bertz CT molecular complexity index is 687. The van der Waals surface area contributed by atoms with Crippen LogP contribution < -0.4 is 10.7 Å². The number of aromatic amines is 1. The van der Waals surface area contributed by atoms with Gasteiger partial charge in [-0.1, -0.05) is 0 Å². The number of rotatable bonds is 3. The van der Waals surface area contributed by atoms with Crippen LogP contribution in [0.1, 0.15) is 12.8 Å². The van der Waals surface area contributed by atoms with Crippen LogP contribution in [0.5, 0.6) is 0 Å². The summed E-state index contributed by atoms with van der Waals surface area (Å²) in [5.41, 5.74) is 0.755. The van der Waals surface area contributed by atoms with E-state index < -0.39 is 18.2 Å². The van der Waals surface area contributed by atoms with Crippen LogP contribution >= 0.6 is 0 Å². The van der Waals surface area contributed by atoms with Gasteiger partial charge in [-0.3, -0.25) is 4.98 Å². The van der Waals surface area contributed by atoms with Crippen molar-refractivity contribution >= 4 is 16.8 Å². The molecule has 1 aliphatic carbocycles. The van der Waals surface area contributed by atoms with Crippen molar-refractivity contribution in [2.75, 3.05) is 4.90 Å². The van der Waals surface area contributed by atoms with E-state index in [0.717, 1.165) is 4.90 Å². The predicted octanol–water partition coefficient (Wildman–Crippen LogP) is 1.97. The maximum Gasteiger partial charge on any atom is 0.433 e. The number of benzene rings is 1. The van der Waals surface area contributed by atoms with E-state index in [1.807, 2.05) is 0 Å². The number of oxazole rings is 1.